The standard InChI is InChI=1S/C7H7Cl2NO3/c1-10(2)6(8)4(3-11)5(12)7(9)13/h3H,1-2H3. The summed E-state index contributed by atoms with van der Waals surface area (Å²) >= 11 is 10.5. The van der Waals surface area contributed by atoms with E-state index in [0.29, 0.717) is 0 Å². The van der Waals surface area contributed by atoms with Crippen molar-refractivity contribution < 1.29 is 14.4 Å². The first-order chi connectivity index (χ1) is 5.91. The van der Waals surface area contributed by atoms with Crippen molar-refractivity contribution in [1.82, 2.24) is 4.90 Å². The zero-order valence-electron chi connectivity index (χ0n) is 7.01. The zero-order valence-corrected chi connectivity index (χ0v) is 8.52. The Bertz CT molecular complexity index is 283. The van der Waals surface area contributed by atoms with Crippen LogP contribution in [-0.4, -0.2) is 36.3 Å². The third-order valence-corrected chi connectivity index (χ3v) is 1.87. The van der Waals surface area contributed by atoms with Crippen LogP contribution in [0, 0.1) is 0 Å². The molecule has 0 aliphatic heterocycles. The number of halogens is 2. The Morgan fingerprint density at radius 2 is 1.69 bits per heavy atom. The molecule has 0 spiro atoms. The molecule has 6 heteroatoms. The van der Waals surface area contributed by atoms with Gasteiger partial charge in [-0.1, -0.05) is 11.6 Å². The highest BCUT2D eigenvalue weighted by Crippen LogP contribution is 2.12. The van der Waals surface area contributed by atoms with Gasteiger partial charge in [-0.2, -0.15) is 0 Å². The van der Waals surface area contributed by atoms with Crippen molar-refractivity contribution in [2.75, 3.05) is 14.1 Å². The molecule has 13 heavy (non-hydrogen) atoms. The Labute approximate surface area is 85.1 Å². The van der Waals surface area contributed by atoms with Crippen LogP contribution in [0.5, 0.6) is 0 Å². The van der Waals surface area contributed by atoms with Crippen molar-refractivity contribution in [3.05, 3.63) is 10.7 Å². The van der Waals surface area contributed by atoms with Gasteiger partial charge in [-0.05, 0) is 11.6 Å². The molecule has 0 fully saturated rings. The van der Waals surface area contributed by atoms with E-state index in [1.807, 2.05) is 0 Å². The molecule has 0 atom stereocenters. The van der Waals surface area contributed by atoms with Crippen LogP contribution in [0.2, 0.25) is 0 Å². The van der Waals surface area contributed by atoms with Gasteiger partial charge in [-0.3, -0.25) is 14.4 Å². The molecular formula is C7H7Cl2NO3. The molecule has 0 saturated carbocycles. The zero-order chi connectivity index (χ0) is 10.6. The maximum atomic E-state index is 10.9. The first-order valence-electron chi connectivity index (χ1n) is 3.18. The van der Waals surface area contributed by atoms with Gasteiger partial charge in [0.25, 0.3) is 11.0 Å². The van der Waals surface area contributed by atoms with Gasteiger partial charge in [-0.25, -0.2) is 0 Å². The summed E-state index contributed by atoms with van der Waals surface area (Å²) in [4.78, 5) is 33.1. The van der Waals surface area contributed by atoms with E-state index in [1.54, 1.807) is 0 Å². The summed E-state index contributed by atoms with van der Waals surface area (Å²) < 4.78 is 0. The van der Waals surface area contributed by atoms with Crippen LogP contribution >= 0.6 is 23.2 Å². The lowest BCUT2D eigenvalue weighted by Gasteiger charge is -2.11. The molecule has 4 nitrogen and oxygen atoms in total. The van der Waals surface area contributed by atoms with E-state index in [-0.39, 0.29) is 11.4 Å². The second-order valence-electron chi connectivity index (χ2n) is 2.32. The Hall–Kier alpha value is -0.870. The number of carbonyl (C=O) groups excluding carboxylic acids is 3. The third kappa shape index (κ3) is 3.16. The van der Waals surface area contributed by atoms with E-state index < -0.39 is 16.6 Å². The first kappa shape index (κ1) is 12.1. The van der Waals surface area contributed by atoms with Crippen molar-refractivity contribution in [2.45, 2.75) is 0 Å². The van der Waals surface area contributed by atoms with Crippen LogP contribution in [0.4, 0.5) is 0 Å². The second kappa shape index (κ2) is 4.99. The Morgan fingerprint density at radius 1 is 1.23 bits per heavy atom. The molecule has 0 aromatic carbocycles. The molecule has 0 radical (unpaired) electrons. The molecule has 0 rings (SSSR count). The molecule has 0 aliphatic rings. The van der Waals surface area contributed by atoms with Gasteiger partial charge in [0, 0.05) is 14.1 Å². The molecule has 0 unspecified atom stereocenters. The molecular weight excluding hydrogens is 217 g/mol. The smallest absolute Gasteiger partial charge is 0.293 e. The number of ketones is 1. The summed E-state index contributed by atoms with van der Waals surface area (Å²) in [6.45, 7) is 0. The van der Waals surface area contributed by atoms with E-state index in [0.717, 1.165) is 0 Å². The summed E-state index contributed by atoms with van der Waals surface area (Å²) in [6.07, 6.45) is 0.199. The lowest BCUT2D eigenvalue weighted by molar-refractivity contribution is -0.130. The number of aldehydes is 1. The van der Waals surface area contributed by atoms with Crippen LogP contribution in [0.3, 0.4) is 0 Å². The van der Waals surface area contributed by atoms with E-state index >= 15 is 0 Å². The predicted molar refractivity (Wildman–Crippen MR) is 48.5 cm³/mol. The van der Waals surface area contributed by atoms with Crippen LogP contribution in [-0.2, 0) is 14.4 Å². The Kier molecular flexibility index (Phi) is 4.66. The van der Waals surface area contributed by atoms with Gasteiger partial charge >= 0.3 is 0 Å². The van der Waals surface area contributed by atoms with Gasteiger partial charge in [0.1, 0.15) is 10.7 Å². The average molecular weight is 224 g/mol. The number of Topliss-reactive ketones (excluding diaryl/α,β-unsaturated/α-hetero) is 1. The van der Waals surface area contributed by atoms with E-state index in [9.17, 15) is 14.4 Å². The molecule has 0 heterocycles. The highest BCUT2D eigenvalue weighted by atomic mass is 35.5. The second-order valence-corrected chi connectivity index (χ2v) is 3.02. The summed E-state index contributed by atoms with van der Waals surface area (Å²) in [7, 11) is 3.05. The minimum absolute atomic E-state index is 0.117. The summed E-state index contributed by atoms with van der Waals surface area (Å²) in [5, 5.41) is -1.35. The molecule has 0 aliphatic carbocycles. The number of allylic oxidation sites excluding steroid dienone is 1. The van der Waals surface area contributed by atoms with Gasteiger partial charge in [-0.15, -0.1) is 0 Å². The minimum atomic E-state index is -1.23. The summed E-state index contributed by atoms with van der Waals surface area (Å²) in [5.41, 5.74) is -0.438. The SMILES string of the molecule is CN(C)C(Cl)=C(C=O)C(=O)C(=O)Cl. The third-order valence-electron chi connectivity index (χ3n) is 1.16. The Morgan fingerprint density at radius 3 is 1.92 bits per heavy atom. The van der Waals surface area contributed by atoms with Crippen LogP contribution in [0.15, 0.2) is 10.7 Å². The maximum Gasteiger partial charge on any atom is 0.293 e. The van der Waals surface area contributed by atoms with E-state index in [2.05, 4.69) is 0 Å². The van der Waals surface area contributed by atoms with Crippen molar-refractivity contribution in [3.63, 3.8) is 0 Å². The predicted octanol–water partition coefficient (Wildman–Crippen LogP) is 0.532. The number of hydrogen-bond donors (Lipinski definition) is 0. The van der Waals surface area contributed by atoms with Gasteiger partial charge in [0.2, 0.25) is 0 Å². The van der Waals surface area contributed by atoms with Gasteiger partial charge in [0.05, 0.1) is 0 Å². The average Bonchev–Trinajstić information content (AvgIpc) is 2.04. The fraction of sp³-hybridized carbons (Fsp3) is 0.286. The fourth-order valence-electron chi connectivity index (χ4n) is 0.543. The topological polar surface area (TPSA) is 54.5 Å². The largest absolute Gasteiger partial charge is 0.368 e. The van der Waals surface area contributed by atoms with E-state index in [1.165, 1.54) is 19.0 Å². The molecule has 0 saturated heterocycles. The molecule has 0 bridgehead atoms. The molecule has 0 N–H and O–H groups in total. The molecule has 0 aromatic rings. The van der Waals surface area contributed by atoms with Crippen molar-refractivity contribution in [1.29, 1.82) is 0 Å². The number of carbonyl (C=O) groups is 3. The van der Waals surface area contributed by atoms with Crippen LogP contribution in [0.1, 0.15) is 0 Å². The first-order valence-corrected chi connectivity index (χ1v) is 3.93. The quantitative estimate of drug-likeness (QED) is 0.133. The van der Waals surface area contributed by atoms with Crippen molar-refractivity contribution >= 4 is 40.5 Å². The summed E-state index contributed by atoms with van der Waals surface area (Å²) in [6, 6.07) is 0. The monoisotopic (exact) mass is 223 g/mol. The van der Waals surface area contributed by atoms with Crippen molar-refractivity contribution in [2.24, 2.45) is 0 Å². The Balaban J connectivity index is 5.11. The molecule has 72 valence electrons. The normalized spacial score (nSPS) is 11.7. The number of rotatable bonds is 4. The molecule has 0 amide bonds. The summed E-state index contributed by atoms with van der Waals surface area (Å²) in [5.74, 6) is -1.10. The lowest BCUT2D eigenvalue weighted by Crippen LogP contribution is -2.18. The minimum Gasteiger partial charge on any atom is -0.368 e. The van der Waals surface area contributed by atoms with Crippen LogP contribution < -0.4 is 0 Å². The number of hydrogen-bond acceptors (Lipinski definition) is 4. The van der Waals surface area contributed by atoms with E-state index in [4.69, 9.17) is 23.2 Å². The fourth-order valence-corrected chi connectivity index (χ4v) is 0.775. The van der Waals surface area contributed by atoms with Gasteiger partial charge in [0.15, 0.2) is 6.29 Å². The maximum absolute atomic E-state index is 10.9. The molecule has 0 aromatic heterocycles. The van der Waals surface area contributed by atoms with Gasteiger partial charge < -0.3 is 4.90 Å². The van der Waals surface area contributed by atoms with Crippen molar-refractivity contribution in [3.8, 4) is 0 Å². The van der Waals surface area contributed by atoms with Crippen LogP contribution in [0.25, 0.3) is 0 Å². The number of nitrogens with zero attached hydrogens (tertiary/aromatic N) is 1. The highest BCUT2D eigenvalue weighted by Gasteiger charge is 2.20. The lowest BCUT2D eigenvalue weighted by atomic mass is 10.2. The highest BCUT2D eigenvalue weighted by molar-refractivity contribution is 6.84.